The van der Waals surface area contributed by atoms with Crippen molar-refractivity contribution in [1.82, 2.24) is 9.97 Å². The maximum Gasteiger partial charge on any atom is 0.224 e. The summed E-state index contributed by atoms with van der Waals surface area (Å²) >= 11 is 0. The molecule has 0 saturated heterocycles. The largest absolute Gasteiger partial charge is 0.342 e. The van der Waals surface area contributed by atoms with Crippen LogP contribution in [0, 0.1) is 12.7 Å². The van der Waals surface area contributed by atoms with Crippen LogP contribution in [0.1, 0.15) is 43.1 Å². The summed E-state index contributed by atoms with van der Waals surface area (Å²) in [5.41, 5.74) is 4.39. The minimum atomic E-state index is -0.302. The minimum absolute atomic E-state index is 0.0812. The summed E-state index contributed by atoms with van der Waals surface area (Å²) in [5, 5.41) is 2.84. The van der Waals surface area contributed by atoms with E-state index < -0.39 is 0 Å². The van der Waals surface area contributed by atoms with E-state index in [1.807, 2.05) is 18.2 Å². The Morgan fingerprint density at radius 2 is 2.04 bits per heavy atom. The molecule has 1 heterocycles. The Morgan fingerprint density at radius 3 is 2.76 bits per heavy atom. The van der Waals surface area contributed by atoms with Crippen molar-refractivity contribution in [1.29, 1.82) is 0 Å². The first kappa shape index (κ1) is 17.1. The number of fused-ring (bicyclic) bond motifs is 1. The van der Waals surface area contributed by atoms with Gasteiger partial charge in [-0.3, -0.25) is 4.79 Å². The van der Waals surface area contributed by atoms with Gasteiger partial charge in [0.2, 0.25) is 5.91 Å². The quantitative estimate of drug-likeness (QED) is 0.707. The standard InChI is InChI=1S/C20H22FN3O/c1-12(2)20-23-17-7-4-14(11-18(17)24-20)5-9-19(25)22-16-8-6-15(21)10-13(16)3/h4,6-8,10-12H,5,9H2,1-3H3,(H,22,25)(H,23,24). The van der Waals surface area contributed by atoms with Crippen LogP contribution in [0.2, 0.25) is 0 Å². The zero-order valence-electron chi connectivity index (χ0n) is 14.7. The first-order chi connectivity index (χ1) is 11.9. The summed E-state index contributed by atoms with van der Waals surface area (Å²) in [5.74, 6) is 0.934. The Morgan fingerprint density at radius 1 is 1.24 bits per heavy atom. The maximum atomic E-state index is 13.1. The number of anilines is 1. The summed E-state index contributed by atoms with van der Waals surface area (Å²) in [6.07, 6.45) is 1.01. The molecule has 0 unspecified atom stereocenters. The second kappa shape index (κ2) is 7.05. The van der Waals surface area contributed by atoms with Crippen molar-refractivity contribution in [3.8, 4) is 0 Å². The second-order valence-corrected chi connectivity index (χ2v) is 6.64. The third-order valence-electron chi connectivity index (χ3n) is 4.21. The fourth-order valence-electron chi connectivity index (χ4n) is 2.74. The van der Waals surface area contributed by atoms with Crippen LogP contribution in [0.3, 0.4) is 0 Å². The second-order valence-electron chi connectivity index (χ2n) is 6.64. The predicted molar refractivity (Wildman–Crippen MR) is 98.3 cm³/mol. The molecule has 0 spiro atoms. The molecule has 3 aromatic rings. The van der Waals surface area contributed by atoms with Crippen LogP contribution in [0.5, 0.6) is 0 Å². The molecule has 0 aliphatic heterocycles. The molecule has 3 rings (SSSR count). The number of hydrogen-bond donors (Lipinski definition) is 2. The van der Waals surface area contributed by atoms with Crippen LogP contribution in [-0.2, 0) is 11.2 Å². The SMILES string of the molecule is Cc1cc(F)ccc1NC(=O)CCc1ccc2nc(C(C)C)[nH]c2c1. The summed E-state index contributed by atoms with van der Waals surface area (Å²) < 4.78 is 13.1. The lowest BCUT2D eigenvalue weighted by atomic mass is 10.1. The highest BCUT2D eigenvalue weighted by Gasteiger charge is 2.09. The van der Waals surface area contributed by atoms with Gasteiger partial charge in [0.1, 0.15) is 11.6 Å². The molecule has 0 fully saturated rings. The molecule has 0 aliphatic rings. The minimum Gasteiger partial charge on any atom is -0.342 e. The molecule has 0 atom stereocenters. The van der Waals surface area contributed by atoms with Crippen molar-refractivity contribution in [3.05, 3.63) is 59.2 Å². The number of nitrogens with one attached hydrogen (secondary N) is 2. The first-order valence-corrected chi connectivity index (χ1v) is 8.47. The van der Waals surface area contributed by atoms with Gasteiger partial charge in [0.05, 0.1) is 11.0 Å². The highest BCUT2D eigenvalue weighted by Crippen LogP contribution is 2.20. The van der Waals surface area contributed by atoms with E-state index in [1.54, 1.807) is 13.0 Å². The molecule has 5 heteroatoms. The van der Waals surface area contributed by atoms with E-state index in [0.717, 1.165) is 22.4 Å². The van der Waals surface area contributed by atoms with Gasteiger partial charge < -0.3 is 10.3 Å². The van der Waals surface area contributed by atoms with E-state index in [4.69, 9.17) is 0 Å². The lowest BCUT2D eigenvalue weighted by Gasteiger charge is -2.08. The molecule has 0 saturated carbocycles. The number of nitrogens with zero attached hydrogens (tertiary/aromatic N) is 1. The summed E-state index contributed by atoms with van der Waals surface area (Å²) in [6.45, 7) is 5.97. The highest BCUT2D eigenvalue weighted by molar-refractivity contribution is 5.91. The van der Waals surface area contributed by atoms with Crippen LogP contribution in [0.25, 0.3) is 11.0 Å². The van der Waals surface area contributed by atoms with Crippen molar-refractivity contribution >= 4 is 22.6 Å². The number of benzene rings is 2. The molecule has 2 aromatic carbocycles. The van der Waals surface area contributed by atoms with Crippen molar-refractivity contribution < 1.29 is 9.18 Å². The molecule has 1 amide bonds. The van der Waals surface area contributed by atoms with E-state index >= 15 is 0 Å². The fraction of sp³-hybridized carbons (Fsp3) is 0.300. The number of aromatic amines is 1. The normalized spacial score (nSPS) is 11.2. The lowest BCUT2D eigenvalue weighted by molar-refractivity contribution is -0.116. The van der Waals surface area contributed by atoms with Gasteiger partial charge in [0.15, 0.2) is 0 Å². The molecule has 0 radical (unpaired) electrons. The molecule has 1 aromatic heterocycles. The number of halogens is 1. The van der Waals surface area contributed by atoms with Crippen molar-refractivity contribution in [2.24, 2.45) is 0 Å². The molecule has 130 valence electrons. The van der Waals surface area contributed by atoms with Crippen LogP contribution in [-0.4, -0.2) is 15.9 Å². The van der Waals surface area contributed by atoms with E-state index in [0.29, 0.717) is 30.0 Å². The predicted octanol–water partition coefficient (Wildman–Crippen LogP) is 4.71. The number of imidazole rings is 1. The molecular weight excluding hydrogens is 317 g/mol. The topological polar surface area (TPSA) is 57.8 Å². The van der Waals surface area contributed by atoms with E-state index in [2.05, 4.69) is 29.1 Å². The zero-order valence-corrected chi connectivity index (χ0v) is 14.7. The maximum absolute atomic E-state index is 13.1. The number of H-pyrrole nitrogens is 1. The number of hydrogen-bond acceptors (Lipinski definition) is 2. The summed E-state index contributed by atoms with van der Waals surface area (Å²) in [6, 6.07) is 10.4. The number of aromatic nitrogens is 2. The summed E-state index contributed by atoms with van der Waals surface area (Å²) in [4.78, 5) is 20.0. The Labute approximate surface area is 146 Å². The Kier molecular flexibility index (Phi) is 4.83. The van der Waals surface area contributed by atoms with Crippen LogP contribution < -0.4 is 5.32 Å². The third-order valence-corrected chi connectivity index (χ3v) is 4.21. The zero-order chi connectivity index (χ0) is 18.0. The van der Waals surface area contributed by atoms with Gasteiger partial charge in [0, 0.05) is 18.0 Å². The van der Waals surface area contributed by atoms with Gasteiger partial charge >= 0.3 is 0 Å². The van der Waals surface area contributed by atoms with Gasteiger partial charge in [-0.1, -0.05) is 19.9 Å². The average Bonchev–Trinajstić information content (AvgIpc) is 2.99. The van der Waals surface area contributed by atoms with E-state index in [9.17, 15) is 9.18 Å². The number of rotatable bonds is 5. The number of aryl methyl sites for hydroxylation is 2. The third kappa shape index (κ3) is 4.05. The van der Waals surface area contributed by atoms with E-state index in [-0.39, 0.29) is 11.7 Å². The number of amides is 1. The Hall–Kier alpha value is -2.69. The van der Waals surface area contributed by atoms with Crippen molar-refractivity contribution in [2.75, 3.05) is 5.32 Å². The highest BCUT2D eigenvalue weighted by atomic mass is 19.1. The molecule has 2 N–H and O–H groups in total. The molecule has 4 nitrogen and oxygen atoms in total. The van der Waals surface area contributed by atoms with Gasteiger partial charge in [-0.25, -0.2) is 9.37 Å². The number of carbonyl (C=O) groups excluding carboxylic acids is 1. The van der Waals surface area contributed by atoms with Crippen LogP contribution in [0.15, 0.2) is 36.4 Å². The van der Waals surface area contributed by atoms with Gasteiger partial charge in [-0.2, -0.15) is 0 Å². The number of carbonyl (C=O) groups is 1. The van der Waals surface area contributed by atoms with Crippen LogP contribution in [0.4, 0.5) is 10.1 Å². The first-order valence-electron chi connectivity index (χ1n) is 8.47. The van der Waals surface area contributed by atoms with Gasteiger partial charge in [-0.05, 0) is 54.8 Å². The summed E-state index contributed by atoms with van der Waals surface area (Å²) in [7, 11) is 0. The molecule has 0 aliphatic carbocycles. The average molecular weight is 339 g/mol. The van der Waals surface area contributed by atoms with Gasteiger partial charge in [-0.15, -0.1) is 0 Å². The Balaban J connectivity index is 1.64. The van der Waals surface area contributed by atoms with Crippen LogP contribution >= 0.6 is 0 Å². The molecular formula is C20H22FN3O. The monoisotopic (exact) mass is 339 g/mol. The van der Waals surface area contributed by atoms with E-state index in [1.165, 1.54) is 12.1 Å². The smallest absolute Gasteiger partial charge is 0.224 e. The molecule has 0 bridgehead atoms. The Bertz CT molecular complexity index is 914. The van der Waals surface area contributed by atoms with Gasteiger partial charge in [0.25, 0.3) is 0 Å². The van der Waals surface area contributed by atoms with Crippen molar-refractivity contribution in [2.45, 2.75) is 39.5 Å². The van der Waals surface area contributed by atoms with Crippen molar-refractivity contribution in [3.63, 3.8) is 0 Å². The molecule has 25 heavy (non-hydrogen) atoms. The lowest BCUT2D eigenvalue weighted by Crippen LogP contribution is -2.13. The fourth-order valence-corrected chi connectivity index (χ4v) is 2.74.